The zero-order valence-corrected chi connectivity index (χ0v) is 28.0. The van der Waals surface area contributed by atoms with Crippen LogP contribution in [0.2, 0.25) is 0 Å². The Morgan fingerprint density at radius 3 is 1.44 bits per heavy atom. The van der Waals surface area contributed by atoms with Gasteiger partial charge in [0.05, 0.1) is 33.4 Å². The molecule has 274 valence electrons. The number of hydrogen-bond acceptors (Lipinski definition) is 3. The van der Waals surface area contributed by atoms with E-state index in [-0.39, 0.29) is 45.9 Å². The van der Waals surface area contributed by atoms with Crippen LogP contribution in [0.1, 0.15) is 16.7 Å². The third-order valence-electron chi connectivity index (χ3n) is 9.10. The Bertz CT molecular complexity index is 2630. The SMILES string of the molecule is FC(F)(F)c1cc(-c2ccc(-c3nc(-c4ccccc4)nc(-c4ccccc4)n3)c(-n3c4ccccc4c4ccc(C(F)(F)F)cc43)c2)cc(C(F)(F)F)c1. The van der Waals surface area contributed by atoms with Crippen molar-refractivity contribution in [2.75, 3.05) is 0 Å². The van der Waals surface area contributed by atoms with Crippen molar-refractivity contribution in [1.82, 2.24) is 19.5 Å². The molecule has 2 aromatic heterocycles. The molecule has 0 radical (unpaired) electrons. The number of halogens is 9. The lowest BCUT2D eigenvalue weighted by Crippen LogP contribution is -2.11. The highest BCUT2D eigenvalue weighted by Crippen LogP contribution is 2.43. The van der Waals surface area contributed by atoms with Crippen LogP contribution in [0.4, 0.5) is 39.5 Å². The Morgan fingerprint density at radius 1 is 0.364 bits per heavy atom. The molecule has 0 atom stereocenters. The van der Waals surface area contributed by atoms with Gasteiger partial charge in [-0.15, -0.1) is 0 Å². The van der Waals surface area contributed by atoms with Crippen LogP contribution in [0.5, 0.6) is 0 Å². The molecule has 0 aliphatic rings. The highest BCUT2D eigenvalue weighted by atomic mass is 19.4. The lowest BCUT2D eigenvalue weighted by Gasteiger charge is -2.18. The quantitative estimate of drug-likeness (QED) is 0.164. The number of alkyl halides is 9. The van der Waals surface area contributed by atoms with Gasteiger partial charge < -0.3 is 4.57 Å². The Balaban J connectivity index is 1.48. The second-order valence-corrected chi connectivity index (χ2v) is 12.6. The van der Waals surface area contributed by atoms with Gasteiger partial charge in [-0.3, -0.25) is 0 Å². The number of hydrogen-bond donors (Lipinski definition) is 0. The lowest BCUT2D eigenvalue weighted by atomic mass is 9.97. The highest BCUT2D eigenvalue weighted by Gasteiger charge is 2.37. The molecule has 0 bridgehead atoms. The predicted octanol–water partition coefficient (Wildman–Crippen LogP) is 12.7. The van der Waals surface area contributed by atoms with E-state index >= 15 is 0 Å². The molecule has 8 aromatic rings. The van der Waals surface area contributed by atoms with Gasteiger partial charge in [-0.05, 0) is 59.7 Å². The molecule has 0 aliphatic heterocycles. The van der Waals surface area contributed by atoms with Crippen molar-refractivity contribution in [2.24, 2.45) is 0 Å². The zero-order chi connectivity index (χ0) is 38.7. The van der Waals surface area contributed by atoms with Crippen molar-refractivity contribution in [3.8, 4) is 51.0 Å². The van der Waals surface area contributed by atoms with E-state index in [0.717, 1.165) is 12.1 Å². The average Bonchev–Trinajstić information content (AvgIpc) is 3.50. The van der Waals surface area contributed by atoms with Crippen molar-refractivity contribution in [3.63, 3.8) is 0 Å². The zero-order valence-electron chi connectivity index (χ0n) is 28.0. The first kappa shape index (κ1) is 35.5. The molecule has 0 fully saturated rings. The summed E-state index contributed by atoms with van der Waals surface area (Å²) in [4.78, 5) is 14.2. The number of rotatable bonds is 5. The van der Waals surface area contributed by atoms with Gasteiger partial charge in [-0.2, -0.15) is 39.5 Å². The van der Waals surface area contributed by atoms with Crippen LogP contribution < -0.4 is 0 Å². The van der Waals surface area contributed by atoms with Crippen LogP contribution in [0, 0.1) is 0 Å². The van der Waals surface area contributed by atoms with E-state index < -0.39 is 40.8 Å². The molecule has 0 amide bonds. The van der Waals surface area contributed by atoms with Crippen molar-refractivity contribution >= 4 is 21.8 Å². The maximum atomic E-state index is 14.2. The molecule has 8 rings (SSSR count). The van der Waals surface area contributed by atoms with Crippen LogP contribution in [-0.4, -0.2) is 19.5 Å². The summed E-state index contributed by atoms with van der Waals surface area (Å²) in [6.45, 7) is 0. The fourth-order valence-electron chi connectivity index (χ4n) is 6.54. The first-order valence-corrected chi connectivity index (χ1v) is 16.6. The third-order valence-corrected chi connectivity index (χ3v) is 9.10. The molecular weight excluding hydrogens is 731 g/mol. The Labute approximate surface area is 306 Å². The van der Waals surface area contributed by atoms with Gasteiger partial charge >= 0.3 is 18.5 Å². The van der Waals surface area contributed by atoms with Crippen molar-refractivity contribution in [2.45, 2.75) is 18.5 Å². The monoisotopic (exact) mass is 754 g/mol. The molecule has 4 nitrogen and oxygen atoms in total. The number of benzene rings is 6. The van der Waals surface area contributed by atoms with Crippen LogP contribution in [0.15, 0.2) is 140 Å². The molecular formula is C42H23F9N4. The van der Waals surface area contributed by atoms with Crippen molar-refractivity contribution in [1.29, 1.82) is 0 Å². The van der Waals surface area contributed by atoms with Crippen LogP contribution in [0.3, 0.4) is 0 Å². The highest BCUT2D eigenvalue weighted by molar-refractivity contribution is 6.10. The van der Waals surface area contributed by atoms with Gasteiger partial charge in [-0.1, -0.05) is 91.0 Å². The number of fused-ring (bicyclic) bond motifs is 3. The van der Waals surface area contributed by atoms with Crippen LogP contribution >= 0.6 is 0 Å². The van der Waals surface area contributed by atoms with Gasteiger partial charge in [0.15, 0.2) is 17.5 Å². The van der Waals surface area contributed by atoms with Crippen LogP contribution in [0.25, 0.3) is 72.8 Å². The summed E-state index contributed by atoms with van der Waals surface area (Å²) in [5, 5.41) is 0.968. The second-order valence-electron chi connectivity index (χ2n) is 12.6. The van der Waals surface area contributed by atoms with E-state index in [1.54, 1.807) is 84.9 Å². The first-order valence-electron chi connectivity index (χ1n) is 16.6. The molecule has 2 heterocycles. The summed E-state index contributed by atoms with van der Waals surface area (Å²) >= 11 is 0. The van der Waals surface area contributed by atoms with Gasteiger partial charge in [-0.25, -0.2) is 15.0 Å². The van der Waals surface area contributed by atoms with E-state index in [4.69, 9.17) is 15.0 Å². The molecule has 6 aromatic carbocycles. The molecule has 0 spiro atoms. The molecule has 0 aliphatic carbocycles. The minimum Gasteiger partial charge on any atom is -0.308 e. The summed E-state index contributed by atoms with van der Waals surface area (Å²) in [6.07, 6.45) is -15.0. The van der Waals surface area contributed by atoms with Gasteiger partial charge in [0.25, 0.3) is 0 Å². The van der Waals surface area contributed by atoms with Gasteiger partial charge in [0, 0.05) is 27.5 Å². The summed E-state index contributed by atoms with van der Waals surface area (Å²) in [5.41, 5.74) is -2.49. The molecule has 13 heteroatoms. The number of aromatic nitrogens is 4. The van der Waals surface area contributed by atoms with Gasteiger partial charge in [0.2, 0.25) is 0 Å². The van der Waals surface area contributed by atoms with Crippen LogP contribution in [-0.2, 0) is 18.5 Å². The predicted molar refractivity (Wildman–Crippen MR) is 191 cm³/mol. The summed E-state index contributed by atoms with van der Waals surface area (Å²) in [6, 6.07) is 33.1. The molecule has 0 N–H and O–H groups in total. The fraction of sp³-hybridized carbons (Fsp3) is 0.0714. The Kier molecular flexibility index (Phi) is 8.47. The van der Waals surface area contributed by atoms with E-state index in [1.807, 2.05) is 0 Å². The van der Waals surface area contributed by atoms with E-state index in [2.05, 4.69) is 0 Å². The fourth-order valence-corrected chi connectivity index (χ4v) is 6.54. The number of nitrogens with zero attached hydrogens (tertiary/aromatic N) is 4. The smallest absolute Gasteiger partial charge is 0.308 e. The third kappa shape index (κ3) is 6.77. The average molecular weight is 755 g/mol. The molecule has 0 unspecified atom stereocenters. The largest absolute Gasteiger partial charge is 0.416 e. The van der Waals surface area contributed by atoms with E-state index in [1.165, 1.54) is 28.8 Å². The summed E-state index contributed by atoms with van der Waals surface area (Å²) in [7, 11) is 0. The summed E-state index contributed by atoms with van der Waals surface area (Å²) in [5.74, 6) is 0.537. The Hall–Kier alpha value is -6.50. The minimum atomic E-state index is -5.12. The summed E-state index contributed by atoms with van der Waals surface area (Å²) < 4.78 is 128. The lowest BCUT2D eigenvalue weighted by molar-refractivity contribution is -0.143. The molecule has 0 saturated carbocycles. The van der Waals surface area contributed by atoms with Crippen molar-refractivity contribution < 1.29 is 39.5 Å². The molecule has 0 saturated heterocycles. The Morgan fingerprint density at radius 2 is 0.873 bits per heavy atom. The van der Waals surface area contributed by atoms with E-state index in [9.17, 15) is 39.5 Å². The first-order chi connectivity index (χ1) is 26.1. The topological polar surface area (TPSA) is 43.6 Å². The standard InChI is InChI=1S/C42H23F9N4/c43-40(44,45)28-16-18-32-31-13-7-8-14-34(31)55(36(32)23-28)35-21-26(27-19-29(41(46,47)48)22-30(20-27)42(49,50)51)15-17-33(35)39-53-37(24-9-3-1-4-10-24)52-38(54-39)25-11-5-2-6-12-25/h1-23H. The van der Waals surface area contributed by atoms with Gasteiger partial charge in [0.1, 0.15) is 0 Å². The minimum absolute atomic E-state index is 0.0332. The van der Waals surface area contributed by atoms with Crippen molar-refractivity contribution in [3.05, 3.63) is 156 Å². The molecule has 55 heavy (non-hydrogen) atoms. The second kappa shape index (κ2) is 13.1. The number of para-hydroxylation sites is 1. The van der Waals surface area contributed by atoms with E-state index in [0.29, 0.717) is 39.5 Å². The maximum Gasteiger partial charge on any atom is 0.416 e. The normalized spacial score (nSPS) is 12.5. The maximum absolute atomic E-state index is 14.2.